The van der Waals surface area contributed by atoms with Gasteiger partial charge in [0.15, 0.2) is 12.4 Å². The normalized spacial score (nSPS) is 26.6. The molecule has 1 amide bonds. The Bertz CT molecular complexity index is 453. The van der Waals surface area contributed by atoms with Crippen LogP contribution in [0.4, 0.5) is 0 Å². The van der Waals surface area contributed by atoms with Gasteiger partial charge in [0.25, 0.3) is 5.91 Å². The van der Waals surface area contributed by atoms with Crippen LogP contribution in [0.5, 0.6) is 0 Å². The Hall–Kier alpha value is -1.38. The Kier molecular flexibility index (Phi) is 4.79. The van der Waals surface area contributed by atoms with Gasteiger partial charge in [-0.25, -0.2) is 4.57 Å². The number of hydrogen-bond donors (Lipinski definition) is 1. The number of carbonyl (C=O) groups is 1. The number of pyridine rings is 1. The zero-order chi connectivity index (χ0) is 14.7. The van der Waals surface area contributed by atoms with E-state index in [2.05, 4.69) is 26.1 Å². The molecule has 0 aliphatic heterocycles. The molecule has 1 aliphatic carbocycles. The van der Waals surface area contributed by atoms with Crippen LogP contribution in [-0.2, 0) is 7.05 Å². The number of nitrogens with zero attached hydrogens (tertiary/aromatic N) is 1. The zero-order valence-electron chi connectivity index (χ0n) is 13.1. The first-order valence-electron chi connectivity index (χ1n) is 7.73. The molecular formula is C17H27N2O+. The Morgan fingerprint density at radius 3 is 2.55 bits per heavy atom. The smallest absolute Gasteiger partial charge is 0.251 e. The van der Waals surface area contributed by atoms with Crippen molar-refractivity contribution < 1.29 is 9.36 Å². The predicted octanol–water partition coefficient (Wildman–Crippen LogP) is 2.70. The first-order valence-corrected chi connectivity index (χ1v) is 7.73. The van der Waals surface area contributed by atoms with E-state index in [1.54, 1.807) is 0 Å². The Balaban J connectivity index is 2.05. The second-order valence-corrected chi connectivity index (χ2v) is 6.66. The summed E-state index contributed by atoms with van der Waals surface area (Å²) < 4.78 is 1.94. The number of nitrogens with one attached hydrogen (secondary N) is 1. The average molecular weight is 275 g/mol. The van der Waals surface area contributed by atoms with Crippen molar-refractivity contribution in [3.63, 3.8) is 0 Å². The van der Waals surface area contributed by atoms with Gasteiger partial charge in [-0.1, -0.05) is 27.2 Å². The molecule has 0 bridgehead atoms. The SMILES string of the molecule is CC(C)[C@H]1CC[C@H](C)C[C@H]1NC(=O)c1cc[n+](C)cc1. The van der Waals surface area contributed by atoms with Crippen LogP contribution in [0.3, 0.4) is 0 Å². The summed E-state index contributed by atoms with van der Waals surface area (Å²) in [4.78, 5) is 12.4. The highest BCUT2D eigenvalue weighted by atomic mass is 16.1. The van der Waals surface area contributed by atoms with E-state index in [0.29, 0.717) is 23.8 Å². The van der Waals surface area contributed by atoms with Crippen LogP contribution in [-0.4, -0.2) is 11.9 Å². The summed E-state index contributed by atoms with van der Waals surface area (Å²) in [5.74, 6) is 2.01. The van der Waals surface area contributed by atoms with Crippen molar-refractivity contribution >= 4 is 5.91 Å². The van der Waals surface area contributed by atoms with Gasteiger partial charge in [0, 0.05) is 18.2 Å². The lowest BCUT2D eigenvalue weighted by Gasteiger charge is -2.37. The van der Waals surface area contributed by atoms with Crippen LogP contribution in [0, 0.1) is 17.8 Å². The molecule has 0 aromatic carbocycles. The van der Waals surface area contributed by atoms with Crippen LogP contribution in [0.25, 0.3) is 0 Å². The highest BCUT2D eigenvalue weighted by Gasteiger charge is 2.31. The number of carbonyl (C=O) groups excluding carboxylic acids is 1. The van der Waals surface area contributed by atoms with Crippen molar-refractivity contribution in [3.05, 3.63) is 30.1 Å². The lowest BCUT2D eigenvalue weighted by Crippen LogP contribution is -2.45. The number of rotatable bonds is 3. The van der Waals surface area contributed by atoms with Gasteiger partial charge in [-0.2, -0.15) is 0 Å². The van der Waals surface area contributed by atoms with Crippen LogP contribution in [0.15, 0.2) is 24.5 Å². The maximum atomic E-state index is 12.4. The molecule has 1 heterocycles. The van der Waals surface area contributed by atoms with E-state index in [9.17, 15) is 4.79 Å². The molecule has 0 radical (unpaired) electrons. The summed E-state index contributed by atoms with van der Waals surface area (Å²) in [7, 11) is 1.96. The molecule has 2 rings (SSSR count). The second kappa shape index (κ2) is 6.38. The molecule has 0 saturated heterocycles. The van der Waals surface area contributed by atoms with Gasteiger partial charge >= 0.3 is 0 Å². The fourth-order valence-corrected chi connectivity index (χ4v) is 3.27. The van der Waals surface area contributed by atoms with Crippen molar-refractivity contribution in [2.45, 2.75) is 46.1 Å². The summed E-state index contributed by atoms with van der Waals surface area (Å²) in [6.45, 7) is 6.82. The van der Waals surface area contributed by atoms with Crippen molar-refractivity contribution in [2.24, 2.45) is 24.8 Å². The summed E-state index contributed by atoms with van der Waals surface area (Å²) in [5.41, 5.74) is 0.754. The summed E-state index contributed by atoms with van der Waals surface area (Å²) in [6.07, 6.45) is 7.45. The molecular weight excluding hydrogens is 248 g/mol. The largest absolute Gasteiger partial charge is 0.349 e. The van der Waals surface area contributed by atoms with Crippen molar-refractivity contribution in [2.75, 3.05) is 0 Å². The van der Waals surface area contributed by atoms with E-state index in [0.717, 1.165) is 12.0 Å². The van der Waals surface area contributed by atoms with Gasteiger partial charge in [-0.3, -0.25) is 4.79 Å². The predicted molar refractivity (Wildman–Crippen MR) is 80.2 cm³/mol. The van der Waals surface area contributed by atoms with Gasteiger partial charge in [0.2, 0.25) is 0 Å². The average Bonchev–Trinajstić information content (AvgIpc) is 2.39. The highest BCUT2D eigenvalue weighted by molar-refractivity contribution is 5.94. The van der Waals surface area contributed by atoms with E-state index in [-0.39, 0.29) is 5.91 Å². The van der Waals surface area contributed by atoms with Crippen LogP contribution in [0.1, 0.15) is 50.4 Å². The van der Waals surface area contributed by atoms with Gasteiger partial charge in [-0.05, 0) is 30.6 Å². The third-order valence-electron chi connectivity index (χ3n) is 4.58. The van der Waals surface area contributed by atoms with E-state index >= 15 is 0 Å². The zero-order valence-corrected chi connectivity index (χ0v) is 13.1. The molecule has 1 N–H and O–H groups in total. The maximum Gasteiger partial charge on any atom is 0.251 e. The number of aryl methyl sites for hydroxylation is 1. The first-order chi connectivity index (χ1) is 9.47. The number of hydrogen-bond acceptors (Lipinski definition) is 1. The third kappa shape index (κ3) is 3.59. The number of aromatic nitrogens is 1. The van der Waals surface area contributed by atoms with Gasteiger partial charge in [0.1, 0.15) is 7.05 Å². The standard InChI is InChI=1S/C17H26N2O/c1-12(2)15-6-5-13(3)11-16(15)18-17(20)14-7-9-19(4)10-8-14/h7-10,12-13,15-16H,5-6,11H2,1-4H3/p+1/t13-,15+,16+/m0/s1. The molecule has 1 aromatic rings. The summed E-state index contributed by atoms with van der Waals surface area (Å²) >= 11 is 0. The van der Waals surface area contributed by atoms with E-state index < -0.39 is 0 Å². The first kappa shape index (κ1) is 15.0. The van der Waals surface area contributed by atoms with E-state index in [1.165, 1.54) is 12.8 Å². The van der Waals surface area contributed by atoms with E-state index in [4.69, 9.17) is 0 Å². The lowest BCUT2D eigenvalue weighted by molar-refractivity contribution is -0.671. The number of amides is 1. The van der Waals surface area contributed by atoms with Crippen LogP contribution in [0.2, 0.25) is 0 Å². The van der Waals surface area contributed by atoms with E-state index in [1.807, 2.05) is 36.1 Å². The molecule has 1 fully saturated rings. The van der Waals surface area contributed by atoms with Crippen LogP contribution >= 0.6 is 0 Å². The molecule has 3 nitrogen and oxygen atoms in total. The van der Waals surface area contributed by atoms with Crippen LogP contribution < -0.4 is 9.88 Å². The van der Waals surface area contributed by atoms with Crippen molar-refractivity contribution in [1.29, 1.82) is 0 Å². The fourth-order valence-electron chi connectivity index (χ4n) is 3.27. The summed E-state index contributed by atoms with van der Waals surface area (Å²) in [6, 6.07) is 4.08. The van der Waals surface area contributed by atoms with Crippen molar-refractivity contribution in [1.82, 2.24) is 5.32 Å². The monoisotopic (exact) mass is 275 g/mol. The van der Waals surface area contributed by atoms with Gasteiger partial charge in [0.05, 0.1) is 5.56 Å². The highest BCUT2D eigenvalue weighted by Crippen LogP contribution is 2.33. The fraction of sp³-hybridized carbons (Fsp3) is 0.647. The molecule has 1 aromatic heterocycles. The summed E-state index contributed by atoms with van der Waals surface area (Å²) in [5, 5.41) is 3.27. The van der Waals surface area contributed by atoms with Gasteiger partial charge in [-0.15, -0.1) is 0 Å². The quantitative estimate of drug-likeness (QED) is 0.845. The molecule has 3 heteroatoms. The molecule has 0 spiro atoms. The molecule has 110 valence electrons. The van der Waals surface area contributed by atoms with Gasteiger partial charge < -0.3 is 5.32 Å². The lowest BCUT2D eigenvalue weighted by atomic mass is 9.74. The molecule has 0 unspecified atom stereocenters. The minimum Gasteiger partial charge on any atom is -0.349 e. The minimum atomic E-state index is 0.0651. The Morgan fingerprint density at radius 1 is 1.30 bits per heavy atom. The molecule has 3 atom stereocenters. The third-order valence-corrected chi connectivity index (χ3v) is 4.58. The molecule has 1 saturated carbocycles. The topological polar surface area (TPSA) is 33.0 Å². The van der Waals surface area contributed by atoms with Crippen molar-refractivity contribution in [3.8, 4) is 0 Å². The Morgan fingerprint density at radius 2 is 1.95 bits per heavy atom. The molecule has 20 heavy (non-hydrogen) atoms. The Labute approximate surface area is 122 Å². The minimum absolute atomic E-state index is 0.0651. The second-order valence-electron chi connectivity index (χ2n) is 6.66. The molecule has 1 aliphatic rings. The maximum absolute atomic E-state index is 12.4.